The lowest BCUT2D eigenvalue weighted by Crippen LogP contribution is -2.36. The highest BCUT2D eigenvalue weighted by molar-refractivity contribution is 5.77. The molecule has 1 aliphatic heterocycles. The van der Waals surface area contributed by atoms with Crippen LogP contribution < -0.4 is 10.2 Å². The van der Waals surface area contributed by atoms with Gasteiger partial charge in [0.2, 0.25) is 5.91 Å². The minimum atomic E-state index is 0.164. The summed E-state index contributed by atoms with van der Waals surface area (Å²) in [6.45, 7) is 6.02. The molecule has 0 bridgehead atoms. The van der Waals surface area contributed by atoms with Gasteiger partial charge in [-0.15, -0.1) is 0 Å². The van der Waals surface area contributed by atoms with E-state index in [1.165, 1.54) is 17.7 Å². The molecule has 1 atom stereocenters. The maximum Gasteiger partial charge on any atom is 0.221 e. The van der Waals surface area contributed by atoms with E-state index in [4.69, 9.17) is 0 Å². The molecular formula is C16H24N2O. The molecule has 0 aliphatic carbocycles. The van der Waals surface area contributed by atoms with Gasteiger partial charge in [0.1, 0.15) is 0 Å². The van der Waals surface area contributed by atoms with Gasteiger partial charge in [0.05, 0.1) is 0 Å². The van der Waals surface area contributed by atoms with E-state index in [2.05, 4.69) is 41.4 Å². The van der Waals surface area contributed by atoms with Crippen LogP contribution in [-0.4, -0.2) is 25.0 Å². The number of carbonyl (C=O) groups excluding carboxylic acids is 1. The van der Waals surface area contributed by atoms with Crippen LogP contribution in [0.5, 0.6) is 0 Å². The second kappa shape index (κ2) is 6.60. The van der Waals surface area contributed by atoms with Gasteiger partial charge in [-0.05, 0) is 37.8 Å². The summed E-state index contributed by atoms with van der Waals surface area (Å²) >= 11 is 0. The van der Waals surface area contributed by atoms with Gasteiger partial charge < -0.3 is 10.2 Å². The van der Waals surface area contributed by atoms with Crippen LogP contribution in [0.15, 0.2) is 24.3 Å². The Morgan fingerprint density at radius 1 is 1.42 bits per heavy atom. The molecule has 0 aromatic heterocycles. The molecule has 1 unspecified atom stereocenters. The summed E-state index contributed by atoms with van der Waals surface area (Å²) in [5, 5.41) is 3.03. The van der Waals surface area contributed by atoms with E-state index in [0.717, 1.165) is 25.9 Å². The van der Waals surface area contributed by atoms with Crippen molar-refractivity contribution >= 4 is 11.6 Å². The number of nitrogens with zero attached hydrogens (tertiary/aromatic N) is 1. The molecule has 3 heteroatoms. The number of carbonyl (C=O) groups is 1. The smallest absolute Gasteiger partial charge is 0.221 e. The van der Waals surface area contributed by atoms with Crippen LogP contribution in [0.1, 0.15) is 38.7 Å². The van der Waals surface area contributed by atoms with E-state index in [1.807, 2.05) is 6.92 Å². The average molecular weight is 260 g/mol. The highest BCUT2D eigenvalue weighted by atomic mass is 16.1. The molecule has 1 heterocycles. The quantitative estimate of drug-likeness (QED) is 0.883. The van der Waals surface area contributed by atoms with Gasteiger partial charge in [0.25, 0.3) is 0 Å². The number of rotatable bonds is 5. The maximum absolute atomic E-state index is 11.8. The summed E-state index contributed by atoms with van der Waals surface area (Å²) in [6, 6.07) is 8.82. The fourth-order valence-electron chi connectivity index (χ4n) is 2.53. The predicted molar refractivity (Wildman–Crippen MR) is 79.5 cm³/mol. The van der Waals surface area contributed by atoms with Gasteiger partial charge in [0, 0.05) is 31.2 Å². The first kappa shape index (κ1) is 13.9. The molecule has 0 saturated carbocycles. The summed E-state index contributed by atoms with van der Waals surface area (Å²) in [7, 11) is 0. The molecule has 0 spiro atoms. The normalized spacial score (nSPS) is 15.8. The van der Waals surface area contributed by atoms with Crippen molar-refractivity contribution in [1.82, 2.24) is 5.32 Å². The summed E-state index contributed by atoms with van der Waals surface area (Å²) in [5.41, 5.74) is 2.72. The number of benzene rings is 1. The lowest BCUT2D eigenvalue weighted by atomic mass is 10.0. The Morgan fingerprint density at radius 3 is 3.00 bits per heavy atom. The molecule has 1 aromatic rings. The van der Waals surface area contributed by atoms with Gasteiger partial charge in [0.15, 0.2) is 0 Å². The van der Waals surface area contributed by atoms with E-state index < -0.39 is 0 Å². The van der Waals surface area contributed by atoms with Gasteiger partial charge in [-0.25, -0.2) is 0 Å². The Morgan fingerprint density at radius 2 is 2.21 bits per heavy atom. The van der Waals surface area contributed by atoms with Gasteiger partial charge >= 0.3 is 0 Å². The van der Waals surface area contributed by atoms with E-state index >= 15 is 0 Å². The summed E-state index contributed by atoms with van der Waals surface area (Å²) in [5.74, 6) is 0.164. The molecule has 1 aromatic carbocycles. The van der Waals surface area contributed by atoms with Crippen molar-refractivity contribution in [2.75, 3.05) is 18.0 Å². The third-order valence-corrected chi connectivity index (χ3v) is 3.83. The molecule has 1 aliphatic rings. The van der Waals surface area contributed by atoms with Crippen molar-refractivity contribution in [3.05, 3.63) is 29.8 Å². The van der Waals surface area contributed by atoms with Gasteiger partial charge in [-0.2, -0.15) is 0 Å². The van der Waals surface area contributed by atoms with Crippen LogP contribution in [0.25, 0.3) is 0 Å². The number of amides is 1. The highest BCUT2D eigenvalue weighted by Gasteiger charge is 2.17. The number of fused-ring (bicyclic) bond motifs is 1. The van der Waals surface area contributed by atoms with Crippen molar-refractivity contribution in [1.29, 1.82) is 0 Å². The molecule has 0 saturated heterocycles. The van der Waals surface area contributed by atoms with Crippen molar-refractivity contribution < 1.29 is 4.79 Å². The Balaban J connectivity index is 1.89. The Labute approximate surface area is 116 Å². The number of aryl methyl sites for hydroxylation is 1. The van der Waals surface area contributed by atoms with Crippen LogP contribution in [0.4, 0.5) is 5.69 Å². The minimum absolute atomic E-state index is 0.164. The third-order valence-electron chi connectivity index (χ3n) is 3.83. The number of para-hydroxylation sites is 1. The fraction of sp³-hybridized carbons (Fsp3) is 0.562. The Bertz CT molecular complexity index is 431. The average Bonchev–Trinajstić information content (AvgIpc) is 2.44. The fourth-order valence-corrected chi connectivity index (χ4v) is 2.53. The Hall–Kier alpha value is -1.51. The first-order chi connectivity index (χ1) is 9.20. The van der Waals surface area contributed by atoms with Crippen LogP contribution in [0, 0.1) is 0 Å². The Kier molecular flexibility index (Phi) is 4.83. The van der Waals surface area contributed by atoms with Crippen molar-refractivity contribution in [2.24, 2.45) is 0 Å². The van der Waals surface area contributed by atoms with Crippen LogP contribution in [-0.2, 0) is 11.2 Å². The lowest BCUT2D eigenvalue weighted by molar-refractivity contribution is -0.121. The van der Waals surface area contributed by atoms with Crippen molar-refractivity contribution in [3.63, 3.8) is 0 Å². The largest absolute Gasteiger partial charge is 0.371 e. The molecule has 2 rings (SSSR count). The molecule has 0 fully saturated rings. The van der Waals surface area contributed by atoms with Gasteiger partial charge in [-0.3, -0.25) is 4.79 Å². The highest BCUT2D eigenvalue weighted by Crippen LogP contribution is 2.26. The molecule has 1 amide bonds. The second-order valence-corrected chi connectivity index (χ2v) is 5.35. The summed E-state index contributed by atoms with van der Waals surface area (Å²) in [4.78, 5) is 14.2. The first-order valence-electron chi connectivity index (χ1n) is 7.33. The minimum Gasteiger partial charge on any atom is -0.371 e. The topological polar surface area (TPSA) is 32.3 Å². The first-order valence-corrected chi connectivity index (χ1v) is 7.33. The molecule has 0 radical (unpaired) electrons. The SMILES string of the molecule is CCC(C)NC(=O)CCN1CCCc2ccccc21. The maximum atomic E-state index is 11.8. The second-order valence-electron chi connectivity index (χ2n) is 5.35. The van der Waals surface area contributed by atoms with E-state index in [1.54, 1.807) is 0 Å². The van der Waals surface area contributed by atoms with Crippen molar-refractivity contribution in [3.8, 4) is 0 Å². The standard InChI is InChI=1S/C16H24N2O/c1-3-13(2)17-16(19)10-12-18-11-6-8-14-7-4-5-9-15(14)18/h4-5,7,9,13H,3,6,8,10-12H2,1-2H3,(H,17,19). The number of hydrogen-bond donors (Lipinski definition) is 1. The number of nitrogens with one attached hydrogen (secondary N) is 1. The predicted octanol–water partition coefficient (Wildman–Crippen LogP) is 2.74. The molecule has 1 N–H and O–H groups in total. The van der Waals surface area contributed by atoms with E-state index in [9.17, 15) is 4.79 Å². The van der Waals surface area contributed by atoms with E-state index in [-0.39, 0.29) is 11.9 Å². The van der Waals surface area contributed by atoms with Crippen LogP contribution in [0.2, 0.25) is 0 Å². The monoisotopic (exact) mass is 260 g/mol. The molecular weight excluding hydrogens is 236 g/mol. The van der Waals surface area contributed by atoms with E-state index in [0.29, 0.717) is 6.42 Å². The molecule has 3 nitrogen and oxygen atoms in total. The van der Waals surface area contributed by atoms with Gasteiger partial charge in [-0.1, -0.05) is 25.1 Å². The zero-order valence-corrected chi connectivity index (χ0v) is 12.0. The van der Waals surface area contributed by atoms with Crippen LogP contribution in [0.3, 0.4) is 0 Å². The third kappa shape index (κ3) is 3.72. The molecule has 19 heavy (non-hydrogen) atoms. The van der Waals surface area contributed by atoms with Crippen molar-refractivity contribution in [2.45, 2.75) is 45.6 Å². The zero-order chi connectivity index (χ0) is 13.7. The van der Waals surface area contributed by atoms with Crippen LogP contribution >= 0.6 is 0 Å². The number of anilines is 1. The zero-order valence-electron chi connectivity index (χ0n) is 12.0. The summed E-state index contributed by atoms with van der Waals surface area (Å²) in [6.07, 6.45) is 3.91. The molecule has 104 valence electrons. The summed E-state index contributed by atoms with van der Waals surface area (Å²) < 4.78 is 0. The lowest BCUT2D eigenvalue weighted by Gasteiger charge is -2.31. The number of hydrogen-bond acceptors (Lipinski definition) is 2.